The molecule has 1 aromatic rings. The molecule has 0 aliphatic heterocycles. The van der Waals surface area contributed by atoms with E-state index in [1.54, 1.807) is 0 Å². The molecule has 1 N–H and O–H groups in total. The Morgan fingerprint density at radius 1 is 1.21 bits per heavy atom. The highest BCUT2D eigenvalue weighted by atomic mass is 32.2. The van der Waals surface area contributed by atoms with Gasteiger partial charge in [-0.25, -0.2) is 0 Å². The molecule has 0 spiro atoms. The Bertz CT molecular complexity index is 246. The lowest BCUT2D eigenvalue weighted by Gasteiger charge is -2.17. The minimum atomic E-state index is 0.273. The molecule has 0 aliphatic rings. The summed E-state index contributed by atoms with van der Waals surface area (Å²) in [5, 5.41) is 9.51. The summed E-state index contributed by atoms with van der Waals surface area (Å²) < 4.78 is 0. The molecule has 1 atom stereocenters. The number of aliphatic hydroxyl groups is 1. The molecule has 1 nitrogen and oxygen atoms in total. The molecule has 1 rings (SSSR count). The highest BCUT2D eigenvalue weighted by Gasteiger charge is 2.12. The van der Waals surface area contributed by atoms with Crippen LogP contribution in [0.3, 0.4) is 0 Å². The summed E-state index contributed by atoms with van der Waals surface area (Å²) in [6.45, 7) is 4.58. The highest BCUT2D eigenvalue weighted by molar-refractivity contribution is 7.99. The second kappa shape index (κ2) is 6.10. The number of aliphatic hydroxyl groups excluding tert-OH is 1. The van der Waals surface area contributed by atoms with Gasteiger partial charge in [0.2, 0.25) is 0 Å². The van der Waals surface area contributed by atoms with Gasteiger partial charge >= 0.3 is 0 Å². The van der Waals surface area contributed by atoms with E-state index in [1.165, 1.54) is 5.56 Å². The topological polar surface area (TPSA) is 20.2 Å². The van der Waals surface area contributed by atoms with E-state index in [0.29, 0.717) is 11.2 Å². The van der Waals surface area contributed by atoms with E-state index in [4.69, 9.17) is 5.11 Å². The summed E-state index contributed by atoms with van der Waals surface area (Å²) in [6.07, 6.45) is 0. The molecule has 1 aromatic carbocycles. The van der Waals surface area contributed by atoms with E-state index in [-0.39, 0.29) is 6.61 Å². The Morgan fingerprint density at radius 3 is 2.36 bits per heavy atom. The monoisotopic (exact) mass is 210 g/mol. The van der Waals surface area contributed by atoms with E-state index in [1.807, 2.05) is 17.8 Å². The van der Waals surface area contributed by atoms with Crippen molar-refractivity contribution in [2.24, 2.45) is 5.92 Å². The molecule has 0 fully saturated rings. The quantitative estimate of drug-likeness (QED) is 0.806. The van der Waals surface area contributed by atoms with Crippen molar-refractivity contribution in [1.29, 1.82) is 0 Å². The lowest BCUT2D eigenvalue weighted by molar-refractivity contribution is 0.275. The van der Waals surface area contributed by atoms with E-state index in [0.717, 1.165) is 5.75 Å². The van der Waals surface area contributed by atoms with Crippen molar-refractivity contribution >= 4 is 11.8 Å². The number of benzene rings is 1. The summed E-state index contributed by atoms with van der Waals surface area (Å²) in [6, 6.07) is 10.4. The predicted molar refractivity (Wildman–Crippen MR) is 63.4 cm³/mol. The van der Waals surface area contributed by atoms with Crippen molar-refractivity contribution in [2.45, 2.75) is 24.9 Å². The first-order chi connectivity index (χ1) is 6.74. The molecule has 0 heterocycles. The molecule has 0 radical (unpaired) electrons. The van der Waals surface area contributed by atoms with Crippen LogP contribution in [0.25, 0.3) is 0 Å². The third kappa shape index (κ3) is 3.72. The Morgan fingerprint density at radius 2 is 1.86 bits per heavy atom. The number of hydrogen-bond donors (Lipinski definition) is 1. The van der Waals surface area contributed by atoms with Gasteiger partial charge < -0.3 is 5.11 Å². The van der Waals surface area contributed by atoms with Crippen LogP contribution >= 0.6 is 11.8 Å². The van der Waals surface area contributed by atoms with Crippen LogP contribution in [0, 0.1) is 5.92 Å². The maximum absolute atomic E-state index is 9.15. The van der Waals surface area contributed by atoms with Gasteiger partial charge in [0, 0.05) is 11.0 Å². The summed E-state index contributed by atoms with van der Waals surface area (Å²) in [4.78, 5) is 0. The van der Waals surface area contributed by atoms with Gasteiger partial charge in [0.25, 0.3) is 0 Å². The molecular formula is C12H18OS. The SMILES string of the molecule is CC(C)C(CO)SCc1ccccc1. The first-order valence-corrected chi connectivity index (χ1v) is 6.05. The molecule has 0 bridgehead atoms. The maximum Gasteiger partial charge on any atom is 0.0552 e. The molecule has 0 saturated carbocycles. The minimum Gasteiger partial charge on any atom is -0.395 e. The first kappa shape index (κ1) is 11.6. The van der Waals surface area contributed by atoms with E-state index in [2.05, 4.69) is 38.1 Å². The van der Waals surface area contributed by atoms with Crippen LogP contribution in [0.15, 0.2) is 30.3 Å². The Hall–Kier alpha value is -0.470. The molecular weight excluding hydrogens is 192 g/mol. The zero-order chi connectivity index (χ0) is 10.4. The van der Waals surface area contributed by atoms with Crippen LogP contribution in [0.5, 0.6) is 0 Å². The summed E-state index contributed by atoms with van der Waals surface area (Å²) in [5.41, 5.74) is 1.33. The second-order valence-electron chi connectivity index (χ2n) is 3.76. The lowest BCUT2D eigenvalue weighted by atomic mass is 10.1. The average Bonchev–Trinajstić information content (AvgIpc) is 2.20. The summed E-state index contributed by atoms with van der Waals surface area (Å²) in [7, 11) is 0. The molecule has 1 unspecified atom stereocenters. The molecule has 14 heavy (non-hydrogen) atoms. The molecule has 0 aromatic heterocycles. The highest BCUT2D eigenvalue weighted by Crippen LogP contribution is 2.22. The van der Waals surface area contributed by atoms with Crippen molar-refractivity contribution in [3.05, 3.63) is 35.9 Å². The van der Waals surface area contributed by atoms with Gasteiger partial charge in [0.05, 0.1) is 6.61 Å². The first-order valence-electron chi connectivity index (χ1n) is 5.00. The van der Waals surface area contributed by atoms with Crippen molar-refractivity contribution in [1.82, 2.24) is 0 Å². The van der Waals surface area contributed by atoms with Gasteiger partial charge in [0.15, 0.2) is 0 Å². The third-order valence-electron chi connectivity index (χ3n) is 2.23. The number of hydrogen-bond acceptors (Lipinski definition) is 2. The molecule has 0 amide bonds. The Balaban J connectivity index is 2.40. The smallest absolute Gasteiger partial charge is 0.0552 e. The van der Waals surface area contributed by atoms with E-state index < -0.39 is 0 Å². The largest absolute Gasteiger partial charge is 0.395 e. The van der Waals surface area contributed by atoms with Crippen molar-refractivity contribution in [2.75, 3.05) is 6.61 Å². The van der Waals surface area contributed by atoms with Crippen LogP contribution in [-0.4, -0.2) is 17.0 Å². The minimum absolute atomic E-state index is 0.273. The Labute approximate surface area is 90.5 Å². The van der Waals surface area contributed by atoms with Crippen LogP contribution in [0.2, 0.25) is 0 Å². The van der Waals surface area contributed by atoms with Gasteiger partial charge in [-0.3, -0.25) is 0 Å². The maximum atomic E-state index is 9.15. The van der Waals surface area contributed by atoms with Crippen molar-refractivity contribution < 1.29 is 5.11 Å². The zero-order valence-electron chi connectivity index (χ0n) is 8.81. The summed E-state index contributed by atoms with van der Waals surface area (Å²) >= 11 is 1.83. The van der Waals surface area contributed by atoms with Gasteiger partial charge in [0.1, 0.15) is 0 Å². The average molecular weight is 210 g/mol. The van der Waals surface area contributed by atoms with E-state index in [9.17, 15) is 0 Å². The van der Waals surface area contributed by atoms with Gasteiger partial charge in [-0.1, -0.05) is 44.2 Å². The fraction of sp³-hybridized carbons (Fsp3) is 0.500. The lowest BCUT2D eigenvalue weighted by Crippen LogP contribution is -2.16. The normalized spacial score (nSPS) is 13.1. The van der Waals surface area contributed by atoms with Crippen LogP contribution < -0.4 is 0 Å². The number of rotatable bonds is 5. The summed E-state index contributed by atoms with van der Waals surface area (Å²) in [5.74, 6) is 1.53. The predicted octanol–water partition coefficient (Wildman–Crippen LogP) is 2.94. The van der Waals surface area contributed by atoms with Gasteiger partial charge in [-0.15, -0.1) is 0 Å². The second-order valence-corrected chi connectivity index (χ2v) is 4.99. The fourth-order valence-corrected chi connectivity index (χ4v) is 2.32. The number of thioether (sulfide) groups is 1. The van der Waals surface area contributed by atoms with Crippen LogP contribution in [0.1, 0.15) is 19.4 Å². The van der Waals surface area contributed by atoms with Crippen molar-refractivity contribution in [3.8, 4) is 0 Å². The van der Waals surface area contributed by atoms with Crippen LogP contribution in [0.4, 0.5) is 0 Å². The zero-order valence-corrected chi connectivity index (χ0v) is 9.63. The standard InChI is InChI=1S/C12H18OS/c1-10(2)12(8-13)14-9-11-6-4-3-5-7-11/h3-7,10,12-13H,8-9H2,1-2H3. The molecule has 2 heteroatoms. The van der Waals surface area contributed by atoms with Gasteiger partial charge in [-0.2, -0.15) is 11.8 Å². The Kier molecular flexibility index (Phi) is 5.05. The molecule has 78 valence electrons. The fourth-order valence-electron chi connectivity index (χ4n) is 1.23. The van der Waals surface area contributed by atoms with Gasteiger partial charge in [-0.05, 0) is 11.5 Å². The van der Waals surface area contributed by atoms with Crippen LogP contribution in [-0.2, 0) is 5.75 Å². The molecule has 0 aliphatic carbocycles. The van der Waals surface area contributed by atoms with E-state index >= 15 is 0 Å². The van der Waals surface area contributed by atoms with Crippen molar-refractivity contribution in [3.63, 3.8) is 0 Å². The molecule has 0 saturated heterocycles. The third-order valence-corrected chi connectivity index (χ3v) is 3.85.